The molecule has 1 fully saturated rings. The van der Waals surface area contributed by atoms with Gasteiger partial charge in [0.25, 0.3) is 0 Å². The van der Waals surface area contributed by atoms with Crippen molar-refractivity contribution in [2.75, 3.05) is 37.7 Å². The Labute approximate surface area is 208 Å². The molecule has 0 saturated carbocycles. The van der Waals surface area contributed by atoms with Gasteiger partial charge in [-0.05, 0) is 54.7 Å². The third kappa shape index (κ3) is 5.07. The lowest BCUT2D eigenvalue weighted by atomic mass is 10.0. The molecule has 2 unspecified atom stereocenters. The van der Waals surface area contributed by atoms with E-state index in [1.54, 1.807) is 25.4 Å². The Morgan fingerprint density at radius 3 is 2.76 bits per heavy atom. The van der Waals surface area contributed by atoms with Gasteiger partial charge in [0, 0.05) is 44.5 Å². The Bertz CT molecular complexity index is 1160. The van der Waals surface area contributed by atoms with E-state index in [0.29, 0.717) is 29.0 Å². The van der Waals surface area contributed by atoms with Gasteiger partial charge in [-0.25, -0.2) is 0 Å². The highest BCUT2D eigenvalue weighted by Crippen LogP contribution is 2.42. The average Bonchev–Trinajstić information content (AvgIpc) is 3.43. The first-order chi connectivity index (χ1) is 16.5. The summed E-state index contributed by atoms with van der Waals surface area (Å²) in [5.74, 6) is -0.278. The molecule has 1 aromatic carbocycles. The van der Waals surface area contributed by atoms with E-state index in [-0.39, 0.29) is 24.6 Å². The number of thiocarbonyl (C=S) groups is 1. The first-order valence-electron chi connectivity index (χ1n) is 10.8. The highest BCUT2D eigenvalue weighted by molar-refractivity contribution is 7.80. The van der Waals surface area contributed by atoms with E-state index < -0.39 is 0 Å². The molecule has 178 valence electrons. The third-order valence-electron chi connectivity index (χ3n) is 5.58. The minimum absolute atomic E-state index is 0.0511. The molecule has 4 rings (SSSR count). The molecule has 34 heavy (non-hydrogen) atoms. The zero-order valence-corrected chi connectivity index (χ0v) is 20.5. The number of benzene rings is 1. The summed E-state index contributed by atoms with van der Waals surface area (Å²) in [6.45, 7) is 1.24. The zero-order valence-electron chi connectivity index (χ0n) is 18.9. The number of nitrogens with one attached hydrogen (secondary N) is 2. The van der Waals surface area contributed by atoms with Crippen molar-refractivity contribution in [2.24, 2.45) is 0 Å². The lowest BCUT2D eigenvalue weighted by Gasteiger charge is -2.29. The monoisotopic (exact) mass is 499 g/mol. The second kappa shape index (κ2) is 11.0. The fraction of sp³-hybridized carbons (Fsp3) is 0.292. The van der Waals surface area contributed by atoms with E-state index in [1.807, 2.05) is 41.4 Å². The average molecular weight is 500 g/mol. The Hall–Kier alpha value is -2.98. The van der Waals surface area contributed by atoms with E-state index in [9.17, 15) is 4.79 Å². The number of hydrogen-bond acceptors (Lipinski definition) is 5. The second-order valence-corrected chi connectivity index (χ2v) is 8.56. The Morgan fingerprint density at radius 1 is 1.21 bits per heavy atom. The molecule has 3 aromatic rings. The van der Waals surface area contributed by atoms with Crippen LogP contribution in [-0.4, -0.2) is 48.0 Å². The van der Waals surface area contributed by atoms with Crippen LogP contribution in [0.4, 0.5) is 11.4 Å². The standard InChI is InChI=1S/C24H26ClN5O3S/c1-32-13-12-29-11-5-7-20(29)23-22(19-6-3-4-10-26-19)28-24(34)30(23)16-8-9-18(17(25)14-16)27-21(31)15-33-2/h3-11,14,22-23H,12-13,15H2,1-2H3,(H,27,31)(H,28,34). The molecule has 3 heterocycles. The van der Waals surface area contributed by atoms with Crippen LogP contribution in [0.5, 0.6) is 0 Å². The number of ether oxygens (including phenoxy) is 2. The van der Waals surface area contributed by atoms with Crippen LogP contribution in [0.25, 0.3) is 0 Å². The van der Waals surface area contributed by atoms with Gasteiger partial charge in [-0.1, -0.05) is 17.7 Å². The van der Waals surface area contributed by atoms with Gasteiger partial charge in [-0.2, -0.15) is 0 Å². The molecule has 1 aliphatic rings. The summed E-state index contributed by atoms with van der Waals surface area (Å²) >= 11 is 12.3. The van der Waals surface area contributed by atoms with Gasteiger partial charge in [-0.15, -0.1) is 0 Å². The molecule has 8 nitrogen and oxygen atoms in total. The fourth-order valence-corrected chi connectivity index (χ4v) is 4.66. The SMILES string of the molecule is COCCn1cccc1C1C(c2ccccn2)NC(=S)N1c1ccc(NC(=O)COC)c(Cl)c1. The first-order valence-corrected chi connectivity index (χ1v) is 11.5. The number of methoxy groups -OCH3 is 2. The Balaban J connectivity index is 1.73. The minimum Gasteiger partial charge on any atom is -0.383 e. The lowest BCUT2D eigenvalue weighted by Crippen LogP contribution is -2.30. The number of carbonyl (C=O) groups excluding carboxylic acids is 1. The van der Waals surface area contributed by atoms with Crippen LogP contribution in [0, 0.1) is 0 Å². The summed E-state index contributed by atoms with van der Waals surface area (Å²) < 4.78 is 12.3. The summed E-state index contributed by atoms with van der Waals surface area (Å²) in [5.41, 5.74) is 3.25. The molecular formula is C24H26ClN5O3S. The predicted octanol–water partition coefficient (Wildman–Crippen LogP) is 3.94. The van der Waals surface area contributed by atoms with Crippen molar-refractivity contribution >= 4 is 46.2 Å². The summed E-state index contributed by atoms with van der Waals surface area (Å²) in [6.07, 6.45) is 3.81. The number of hydrogen-bond donors (Lipinski definition) is 2. The van der Waals surface area contributed by atoms with Crippen molar-refractivity contribution in [1.82, 2.24) is 14.9 Å². The van der Waals surface area contributed by atoms with Crippen LogP contribution >= 0.6 is 23.8 Å². The van der Waals surface area contributed by atoms with Gasteiger partial charge in [0.15, 0.2) is 5.11 Å². The largest absolute Gasteiger partial charge is 0.383 e. The normalized spacial score (nSPS) is 17.6. The maximum atomic E-state index is 11.9. The van der Waals surface area contributed by atoms with Gasteiger partial charge in [0.05, 0.1) is 29.1 Å². The maximum absolute atomic E-state index is 11.9. The zero-order chi connectivity index (χ0) is 24.1. The molecule has 0 bridgehead atoms. The highest BCUT2D eigenvalue weighted by Gasteiger charge is 2.42. The van der Waals surface area contributed by atoms with Crippen LogP contribution in [-0.2, 0) is 20.8 Å². The van der Waals surface area contributed by atoms with Crippen LogP contribution in [0.15, 0.2) is 60.9 Å². The van der Waals surface area contributed by atoms with Crippen molar-refractivity contribution in [3.05, 3.63) is 77.3 Å². The van der Waals surface area contributed by atoms with E-state index in [4.69, 9.17) is 33.3 Å². The fourth-order valence-electron chi connectivity index (χ4n) is 4.10. The molecule has 2 N–H and O–H groups in total. The Kier molecular flexibility index (Phi) is 7.79. The summed E-state index contributed by atoms with van der Waals surface area (Å²) in [5, 5.41) is 7.16. The van der Waals surface area contributed by atoms with Gasteiger partial charge in [-0.3, -0.25) is 9.78 Å². The number of amides is 1. The second-order valence-electron chi connectivity index (χ2n) is 7.76. The highest BCUT2D eigenvalue weighted by atomic mass is 35.5. The predicted molar refractivity (Wildman–Crippen MR) is 136 cm³/mol. The number of pyridine rings is 1. The van der Waals surface area contributed by atoms with Gasteiger partial charge < -0.3 is 29.6 Å². The summed E-state index contributed by atoms with van der Waals surface area (Å²) in [7, 11) is 3.15. The number of carbonyl (C=O) groups is 1. The molecule has 2 atom stereocenters. The molecule has 0 spiro atoms. The van der Waals surface area contributed by atoms with E-state index >= 15 is 0 Å². The number of nitrogens with zero attached hydrogens (tertiary/aromatic N) is 3. The van der Waals surface area contributed by atoms with Crippen molar-refractivity contribution in [3.8, 4) is 0 Å². The van der Waals surface area contributed by atoms with E-state index in [0.717, 1.165) is 17.1 Å². The van der Waals surface area contributed by atoms with Crippen molar-refractivity contribution < 1.29 is 14.3 Å². The third-order valence-corrected chi connectivity index (χ3v) is 6.21. The molecule has 0 radical (unpaired) electrons. The number of halogens is 1. The molecule has 10 heteroatoms. The molecule has 1 amide bonds. The first kappa shape index (κ1) is 24.2. The van der Waals surface area contributed by atoms with Crippen molar-refractivity contribution in [1.29, 1.82) is 0 Å². The number of rotatable bonds is 9. The molecule has 0 aliphatic carbocycles. The van der Waals surface area contributed by atoms with Crippen LogP contribution in [0.1, 0.15) is 23.5 Å². The number of anilines is 2. The lowest BCUT2D eigenvalue weighted by molar-refractivity contribution is -0.119. The van der Waals surface area contributed by atoms with Crippen molar-refractivity contribution in [2.45, 2.75) is 18.6 Å². The molecule has 1 aliphatic heterocycles. The molecular weight excluding hydrogens is 474 g/mol. The molecule has 1 saturated heterocycles. The summed E-state index contributed by atoms with van der Waals surface area (Å²) in [4.78, 5) is 18.6. The van der Waals surface area contributed by atoms with Gasteiger partial charge >= 0.3 is 0 Å². The van der Waals surface area contributed by atoms with Crippen LogP contribution in [0.2, 0.25) is 5.02 Å². The maximum Gasteiger partial charge on any atom is 0.250 e. The van der Waals surface area contributed by atoms with Crippen LogP contribution in [0.3, 0.4) is 0 Å². The molecule has 2 aromatic heterocycles. The smallest absolute Gasteiger partial charge is 0.250 e. The van der Waals surface area contributed by atoms with E-state index in [1.165, 1.54) is 7.11 Å². The topological polar surface area (TPSA) is 80.7 Å². The number of aromatic nitrogens is 2. The van der Waals surface area contributed by atoms with Gasteiger partial charge in [0.1, 0.15) is 12.6 Å². The van der Waals surface area contributed by atoms with E-state index in [2.05, 4.69) is 26.3 Å². The van der Waals surface area contributed by atoms with Gasteiger partial charge in [0.2, 0.25) is 5.91 Å². The van der Waals surface area contributed by atoms with Crippen molar-refractivity contribution in [3.63, 3.8) is 0 Å². The van der Waals surface area contributed by atoms with Crippen LogP contribution < -0.4 is 15.5 Å². The quantitative estimate of drug-likeness (QED) is 0.431. The summed E-state index contributed by atoms with van der Waals surface area (Å²) in [6, 6.07) is 15.0. The Morgan fingerprint density at radius 2 is 2.06 bits per heavy atom. The minimum atomic E-state index is -0.278.